The third-order valence-corrected chi connectivity index (χ3v) is 1.79. The second-order valence-corrected chi connectivity index (χ2v) is 3.43. The first-order valence-corrected chi connectivity index (χ1v) is 4.40. The van der Waals surface area contributed by atoms with Gasteiger partial charge in [0.15, 0.2) is 0 Å². The van der Waals surface area contributed by atoms with E-state index in [9.17, 15) is 4.79 Å². The van der Waals surface area contributed by atoms with E-state index in [0.29, 0.717) is 19.0 Å². The quantitative estimate of drug-likeness (QED) is 0.732. The number of hydrogen-bond acceptors (Lipinski definition) is 3. The monoisotopic (exact) mass is 181 g/mol. The second-order valence-electron chi connectivity index (χ2n) is 3.43. The van der Waals surface area contributed by atoms with Crippen molar-refractivity contribution in [3.63, 3.8) is 0 Å². The maximum Gasteiger partial charge on any atom is 0.347 e. The molecule has 1 aromatic rings. The van der Waals surface area contributed by atoms with Crippen LogP contribution in [0, 0.1) is 5.92 Å². The van der Waals surface area contributed by atoms with Crippen LogP contribution >= 0.6 is 0 Å². The summed E-state index contributed by atoms with van der Waals surface area (Å²) in [5.41, 5.74) is 6.14. The first kappa shape index (κ1) is 9.92. The molecule has 0 bridgehead atoms. The van der Waals surface area contributed by atoms with Crippen molar-refractivity contribution in [1.29, 1.82) is 0 Å². The molecule has 0 amide bonds. The van der Waals surface area contributed by atoms with Gasteiger partial charge in [-0.3, -0.25) is 4.57 Å². The number of nitrogens with zero attached hydrogens (tertiary/aromatic N) is 2. The van der Waals surface area contributed by atoms with E-state index in [2.05, 4.69) is 18.8 Å². The molecule has 1 aromatic heterocycles. The Morgan fingerprint density at radius 1 is 1.62 bits per heavy atom. The van der Waals surface area contributed by atoms with Gasteiger partial charge in [-0.2, -0.15) is 0 Å². The van der Waals surface area contributed by atoms with Crippen LogP contribution in [-0.2, 0) is 13.1 Å². The summed E-state index contributed by atoms with van der Waals surface area (Å²) in [7, 11) is 0. The van der Waals surface area contributed by atoms with Crippen molar-refractivity contribution < 1.29 is 0 Å². The largest absolute Gasteiger partial charge is 0.347 e. The molecule has 1 rings (SSSR count). The van der Waals surface area contributed by atoms with Gasteiger partial charge >= 0.3 is 5.69 Å². The van der Waals surface area contributed by atoms with Crippen LogP contribution in [-0.4, -0.2) is 9.55 Å². The van der Waals surface area contributed by atoms with Crippen molar-refractivity contribution in [2.45, 2.75) is 26.9 Å². The summed E-state index contributed by atoms with van der Waals surface area (Å²) < 4.78 is 1.63. The van der Waals surface area contributed by atoms with Gasteiger partial charge in [0.25, 0.3) is 0 Å². The van der Waals surface area contributed by atoms with Gasteiger partial charge in [-0.15, -0.1) is 0 Å². The normalized spacial score (nSPS) is 10.8. The van der Waals surface area contributed by atoms with Crippen LogP contribution < -0.4 is 11.4 Å². The summed E-state index contributed by atoms with van der Waals surface area (Å²) in [5, 5.41) is 0. The second kappa shape index (κ2) is 4.18. The number of nitrogens with two attached hydrogens (primary N) is 1. The third-order valence-electron chi connectivity index (χ3n) is 1.79. The summed E-state index contributed by atoms with van der Waals surface area (Å²) in [6.45, 7) is 5.17. The Morgan fingerprint density at radius 2 is 2.31 bits per heavy atom. The minimum absolute atomic E-state index is 0.211. The van der Waals surface area contributed by atoms with Gasteiger partial charge < -0.3 is 5.73 Å². The van der Waals surface area contributed by atoms with E-state index in [1.54, 1.807) is 10.6 Å². The number of aromatic nitrogens is 2. The average Bonchev–Trinajstić information content (AvgIpc) is 2.08. The van der Waals surface area contributed by atoms with E-state index in [1.807, 2.05) is 0 Å². The van der Waals surface area contributed by atoms with E-state index in [-0.39, 0.29) is 5.69 Å². The van der Waals surface area contributed by atoms with Gasteiger partial charge in [-0.1, -0.05) is 13.8 Å². The molecular weight excluding hydrogens is 166 g/mol. The van der Waals surface area contributed by atoms with Crippen molar-refractivity contribution in [3.8, 4) is 0 Å². The Bertz CT molecular complexity index is 330. The number of hydrogen-bond donors (Lipinski definition) is 1. The van der Waals surface area contributed by atoms with Gasteiger partial charge in [0.05, 0.1) is 0 Å². The van der Waals surface area contributed by atoms with Crippen LogP contribution in [0.1, 0.15) is 19.5 Å². The minimum atomic E-state index is -0.211. The number of rotatable bonds is 3. The molecule has 13 heavy (non-hydrogen) atoms. The molecule has 0 spiro atoms. The lowest BCUT2D eigenvalue weighted by atomic mass is 10.2. The Kier molecular flexibility index (Phi) is 3.19. The maximum atomic E-state index is 11.3. The fourth-order valence-corrected chi connectivity index (χ4v) is 1.21. The van der Waals surface area contributed by atoms with Crippen LogP contribution in [0.15, 0.2) is 17.1 Å². The lowest BCUT2D eigenvalue weighted by Crippen LogP contribution is -2.28. The molecule has 0 saturated heterocycles. The molecule has 0 aromatic carbocycles. The van der Waals surface area contributed by atoms with Crippen molar-refractivity contribution in [2.24, 2.45) is 11.7 Å². The van der Waals surface area contributed by atoms with Gasteiger partial charge in [-0.25, -0.2) is 9.78 Å². The van der Waals surface area contributed by atoms with Crippen molar-refractivity contribution >= 4 is 0 Å². The highest BCUT2D eigenvalue weighted by atomic mass is 16.1. The van der Waals surface area contributed by atoms with E-state index in [1.165, 1.54) is 6.20 Å². The summed E-state index contributed by atoms with van der Waals surface area (Å²) >= 11 is 0. The average molecular weight is 181 g/mol. The summed E-state index contributed by atoms with van der Waals surface area (Å²) in [6.07, 6.45) is 1.50. The Balaban J connectivity index is 3.08. The molecule has 0 aliphatic heterocycles. The summed E-state index contributed by atoms with van der Waals surface area (Å²) in [6, 6.07) is 1.78. The first-order valence-electron chi connectivity index (χ1n) is 4.40. The van der Waals surface area contributed by atoms with E-state index >= 15 is 0 Å². The van der Waals surface area contributed by atoms with Gasteiger partial charge in [0.2, 0.25) is 0 Å². The topological polar surface area (TPSA) is 60.9 Å². The molecule has 1 heterocycles. The molecule has 0 radical (unpaired) electrons. The van der Waals surface area contributed by atoms with Gasteiger partial charge in [0.1, 0.15) is 0 Å². The van der Waals surface area contributed by atoms with E-state index < -0.39 is 0 Å². The maximum absolute atomic E-state index is 11.3. The third kappa shape index (κ3) is 2.39. The predicted octanol–water partition coefficient (Wildman–Crippen LogP) is 0.358. The molecule has 0 saturated carbocycles. The lowest BCUT2D eigenvalue weighted by Gasteiger charge is -2.11. The first-order chi connectivity index (χ1) is 6.15. The van der Waals surface area contributed by atoms with Crippen molar-refractivity contribution in [1.82, 2.24) is 9.55 Å². The molecular formula is C9H15N3O. The van der Waals surface area contributed by atoms with Crippen LogP contribution in [0.2, 0.25) is 0 Å². The minimum Gasteiger partial charge on any atom is -0.325 e. The standard InChI is InChI=1S/C9H15N3O/c1-7(2)6-12-8(5-10)3-4-11-9(12)13/h3-4,7H,5-6,10H2,1-2H3. The van der Waals surface area contributed by atoms with E-state index in [0.717, 1.165) is 5.69 Å². The fraction of sp³-hybridized carbons (Fsp3) is 0.556. The zero-order chi connectivity index (χ0) is 9.84. The smallest absolute Gasteiger partial charge is 0.325 e. The molecule has 72 valence electrons. The summed E-state index contributed by atoms with van der Waals surface area (Å²) in [4.78, 5) is 15.0. The van der Waals surface area contributed by atoms with Crippen LogP contribution in [0.25, 0.3) is 0 Å². The molecule has 0 unspecified atom stereocenters. The van der Waals surface area contributed by atoms with Crippen LogP contribution in [0.4, 0.5) is 0 Å². The fourth-order valence-electron chi connectivity index (χ4n) is 1.21. The zero-order valence-corrected chi connectivity index (χ0v) is 8.03. The molecule has 0 atom stereocenters. The molecule has 0 aliphatic carbocycles. The molecule has 0 fully saturated rings. The predicted molar refractivity (Wildman–Crippen MR) is 51.2 cm³/mol. The molecule has 2 N–H and O–H groups in total. The lowest BCUT2D eigenvalue weighted by molar-refractivity contribution is 0.487. The molecule has 0 aliphatic rings. The Hall–Kier alpha value is -1.16. The van der Waals surface area contributed by atoms with E-state index in [4.69, 9.17) is 5.73 Å². The van der Waals surface area contributed by atoms with Gasteiger partial charge in [-0.05, 0) is 12.0 Å². The van der Waals surface area contributed by atoms with Gasteiger partial charge in [0, 0.05) is 25.0 Å². The van der Waals surface area contributed by atoms with Crippen LogP contribution in [0.3, 0.4) is 0 Å². The highest BCUT2D eigenvalue weighted by Crippen LogP contribution is 1.99. The molecule has 4 nitrogen and oxygen atoms in total. The Labute approximate surface area is 77.4 Å². The highest BCUT2D eigenvalue weighted by Gasteiger charge is 2.04. The highest BCUT2D eigenvalue weighted by molar-refractivity contribution is 5.00. The zero-order valence-electron chi connectivity index (χ0n) is 8.03. The van der Waals surface area contributed by atoms with Crippen molar-refractivity contribution in [2.75, 3.05) is 0 Å². The van der Waals surface area contributed by atoms with Crippen molar-refractivity contribution in [3.05, 3.63) is 28.4 Å². The summed E-state index contributed by atoms with van der Waals surface area (Å²) in [5.74, 6) is 0.423. The molecule has 4 heteroatoms. The van der Waals surface area contributed by atoms with Crippen LogP contribution in [0.5, 0.6) is 0 Å². The Morgan fingerprint density at radius 3 is 2.85 bits per heavy atom. The SMILES string of the molecule is CC(C)Cn1c(CN)ccnc1=O.